The highest BCUT2D eigenvalue weighted by Crippen LogP contribution is 2.28. The number of rotatable bonds is 3. The molecule has 2 atom stereocenters. The number of hydrogen-bond acceptors (Lipinski definition) is 3. The molecule has 2 amide bonds. The van der Waals surface area contributed by atoms with Crippen molar-refractivity contribution in [2.24, 2.45) is 17.6 Å². The number of carbonyl (C=O) groups excluding carboxylic acids is 2. The molecule has 1 heterocycles. The summed E-state index contributed by atoms with van der Waals surface area (Å²) in [6, 6.07) is 0.197. The zero-order chi connectivity index (χ0) is 16.2. The van der Waals surface area contributed by atoms with Crippen molar-refractivity contribution >= 4 is 24.2 Å². The van der Waals surface area contributed by atoms with Gasteiger partial charge in [-0.15, -0.1) is 12.4 Å². The van der Waals surface area contributed by atoms with E-state index in [9.17, 15) is 9.59 Å². The molecule has 3 aliphatic rings. The largest absolute Gasteiger partial charge is 0.339 e. The predicted molar refractivity (Wildman–Crippen MR) is 96.9 cm³/mol. The maximum Gasteiger partial charge on any atom is 0.225 e. The normalized spacial score (nSPS) is 28.5. The van der Waals surface area contributed by atoms with Gasteiger partial charge in [-0.1, -0.05) is 19.3 Å². The molecule has 2 saturated carbocycles. The zero-order valence-electron chi connectivity index (χ0n) is 14.6. The lowest BCUT2D eigenvalue weighted by Crippen LogP contribution is -2.52. The second kappa shape index (κ2) is 9.04. The van der Waals surface area contributed by atoms with Gasteiger partial charge in [-0.2, -0.15) is 0 Å². The monoisotopic (exact) mass is 357 g/mol. The summed E-state index contributed by atoms with van der Waals surface area (Å²) in [6.07, 6.45) is 9.77. The van der Waals surface area contributed by atoms with Gasteiger partial charge in [-0.3, -0.25) is 9.59 Å². The summed E-state index contributed by atoms with van der Waals surface area (Å²) in [4.78, 5) is 28.9. The maximum absolute atomic E-state index is 12.5. The Hall–Kier alpha value is -0.810. The molecule has 0 aromatic carbocycles. The van der Waals surface area contributed by atoms with Gasteiger partial charge in [0.25, 0.3) is 0 Å². The Morgan fingerprint density at radius 3 is 2.08 bits per heavy atom. The third-order valence-electron chi connectivity index (χ3n) is 5.95. The van der Waals surface area contributed by atoms with E-state index in [1.165, 1.54) is 32.1 Å². The van der Waals surface area contributed by atoms with Crippen LogP contribution in [0, 0.1) is 11.8 Å². The van der Waals surface area contributed by atoms with Crippen molar-refractivity contribution in [3.05, 3.63) is 0 Å². The second-order valence-electron chi connectivity index (χ2n) is 7.68. The summed E-state index contributed by atoms with van der Waals surface area (Å²) in [7, 11) is 0. The van der Waals surface area contributed by atoms with Crippen LogP contribution in [0.25, 0.3) is 0 Å². The number of piperazine rings is 1. The van der Waals surface area contributed by atoms with Gasteiger partial charge in [0.2, 0.25) is 11.8 Å². The van der Waals surface area contributed by atoms with E-state index < -0.39 is 0 Å². The van der Waals surface area contributed by atoms with Crippen LogP contribution in [0.15, 0.2) is 0 Å². The van der Waals surface area contributed by atoms with Crippen LogP contribution in [-0.2, 0) is 9.59 Å². The number of amides is 2. The lowest BCUT2D eigenvalue weighted by atomic mass is 9.86. The molecule has 6 heteroatoms. The first-order valence-corrected chi connectivity index (χ1v) is 9.45. The van der Waals surface area contributed by atoms with Gasteiger partial charge in [-0.05, 0) is 38.0 Å². The van der Waals surface area contributed by atoms with Crippen molar-refractivity contribution in [3.63, 3.8) is 0 Å². The summed E-state index contributed by atoms with van der Waals surface area (Å²) in [5.41, 5.74) is 5.92. The van der Waals surface area contributed by atoms with Gasteiger partial charge < -0.3 is 15.5 Å². The molecule has 1 saturated heterocycles. The summed E-state index contributed by atoms with van der Waals surface area (Å²) in [6.45, 7) is 2.80. The SMILES string of the molecule is Cl.N[C@@H]1CC[C@@H](C(=O)N2CCN(C(=O)CC3CCCCC3)CC2)C1. The number of nitrogens with two attached hydrogens (primary N) is 1. The Balaban J connectivity index is 0.00000208. The van der Waals surface area contributed by atoms with Crippen LogP contribution in [0.2, 0.25) is 0 Å². The fourth-order valence-electron chi connectivity index (χ4n) is 4.44. The molecule has 0 bridgehead atoms. The Morgan fingerprint density at radius 1 is 0.875 bits per heavy atom. The van der Waals surface area contributed by atoms with Crippen molar-refractivity contribution in [1.82, 2.24) is 9.80 Å². The average molecular weight is 358 g/mol. The van der Waals surface area contributed by atoms with Gasteiger partial charge in [0.15, 0.2) is 0 Å². The van der Waals surface area contributed by atoms with Crippen LogP contribution < -0.4 is 5.73 Å². The molecule has 0 radical (unpaired) electrons. The molecular formula is C18H32ClN3O2. The van der Waals surface area contributed by atoms with E-state index in [-0.39, 0.29) is 30.3 Å². The van der Waals surface area contributed by atoms with Crippen molar-refractivity contribution in [2.45, 2.75) is 63.8 Å². The molecule has 138 valence electrons. The number of hydrogen-bond donors (Lipinski definition) is 1. The van der Waals surface area contributed by atoms with E-state index in [1.807, 2.05) is 9.80 Å². The summed E-state index contributed by atoms with van der Waals surface area (Å²) in [5, 5.41) is 0. The molecule has 3 fully saturated rings. The highest BCUT2D eigenvalue weighted by atomic mass is 35.5. The first-order valence-electron chi connectivity index (χ1n) is 9.45. The van der Waals surface area contributed by atoms with Crippen LogP contribution in [0.3, 0.4) is 0 Å². The fourth-order valence-corrected chi connectivity index (χ4v) is 4.44. The molecule has 3 rings (SSSR count). The summed E-state index contributed by atoms with van der Waals surface area (Å²) >= 11 is 0. The smallest absolute Gasteiger partial charge is 0.225 e. The van der Waals surface area contributed by atoms with Crippen LogP contribution in [0.5, 0.6) is 0 Å². The van der Waals surface area contributed by atoms with Gasteiger partial charge in [0.05, 0.1) is 0 Å². The van der Waals surface area contributed by atoms with Crippen molar-refractivity contribution in [2.75, 3.05) is 26.2 Å². The molecule has 5 nitrogen and oxygen atoms in total. The molecule has 24 heavy (non-hydrogen) atoms. The van der Waals surface area contributed by atoms with Crippen molar-refractivity contribution < 1.29 is 9.59 Å². The highest BCUT2D eigenvalue weighted by molar-refractivity contribution is 5.85. The summed E-state index contributed by atoms with van der Waals surface area (Å²) < 4.78 is 0. The number of halogens is 1. The van der Waals surface area contributed by atoms with E-state index in [0.29, 0.717) is 44.4 Å². The molecule has 0 unspecified atom stereocenters. The minimum Gasteiger partial charge on any atom is -0.339 e. The van der Waals surface area contributed by atoms with Crippen LogP contribution in [0.1, 0.15) is 57.8 Å². The van der Waals surface area contributed by atoms with Gasteiger partial charge in [0, 0.05) is 44.6 Å². The van der Waals surface area contributed by atoms with E-state index >= 15 is 0 Å². The predicted octanol–water partition coefficient (Wildman–Crippen LogP) is 2.18. The molecule has 1 aliphatic heterocycles. The van der Waals surface area contributed by atoms with E-state index in [4.69, 9.17) is 5.73 Å². The lowest BCUT2D eigenvalue weighted by Gasteiger charge is -2.36. The fraction of sp³-hybridized carbons (Fsp3) is 0.889. The Morgan fingerprint density at radius 2 is 1.50 bits per heavy atom. The van der Waals surface area contributed by atoms with Crippen LogP contribution in [0.4, 0.5) is 0 Å². The van der Waals surface area contributed by atoms with Crippen molar-refractivity contribution in [1.29, 1.82) is 0 Å². The standard InChI is InChI=1S/C18H31N3O2.ClH/c19-16-7-6-15(13-16)18(23)21-10-8-20(9-11-21)17(22)12-14-4-2-1-3-5-14;/h14-16H,1-13,19H2;1H/t15-,16-;/m1./s1. The number of nitrogens with zero attached hydrogens (tertiary/aromatic N) is 2. The minimum atomic E-state index is 0. The van der Waals surface area contributed by atoms with Gasteiger partial charge in [0.1, 0.15) is 0 Å². The molecule has 2 aliphatic carbocycles. The second-order valence-corrected chi connectivity index (χ2v) is 7.68. The van der Waals surface area contributed by atoms with Gasteiger partial charge >= 0.3 is 0 Å². The zero-order valence-corrected chi connectivity index (χ0v) is 15.4. The first-order chi connectivity index (χ1) is 11.1. The van der Waals surface area contributed by atoms with Crippen LogP contribution in [-0.4, -0.2) is 53.8 Å². The van der Waals surface area contributed by atoms with E-state index in [2.05, 4.69) is 0 Å². The topological polar surface area (TPSA) is 66.6 Å². The lowest BCUT2D eigenvalue weighted by molar-refractivity contribution is -0.142. The van der Waals surface area contributed by atoms with Crippen molar-refractivity contribution in [3.8, 4) is 0 Å². The van der Waals surface area contributed by atoms with E-state index in [1.54, 1.807) is 0 Å². The first kappa shape index (κ1) is 19.5. The minimum absolute atomic E-state index is 0. The molecular weight excluding hydrogens is 326 g/mol. The third kappa shape index (κ3) is 4.85. The Kier molecular flexibility index (Phi) is 7.35. The summed E-state index contributed by atoms with van der Waals surface area (Å²) in [5.74, 6) is 1.27. The number of carbonyl (C=O) groups is 2. The maximum atomic E-state index is 12.5. The molecule has 0 aromatic rings. The quantitative estimate of drug-likeness (QED) is 0.841. The van der Waals surface area contributed by atoms with Crippen LogP contribution >= 0.6 is 12.4 Å². The highest BCUT2D eigenvalue weighted by Gasteiger charge is 2.33. The molecule has 0 spiro atoms. The van der Waals surface area contributed by atoms with Gasteiger partial charge in [-0.25, -0.2) is 0 Å². The Labute approximate surface area is 151 Å². The average Bonchev–Trinajstić information content (AvgIpc) is 3.02. The van der Waals surface area contributed by atoms with E-state index in [0.717, 1.165) is 19.3 Å². The molecule has 0 aromatic heterocycles. The molecule has 2 N–H and O–H groups in total. The Bertz CT molecular complexity index is 432. The third-order valence-corrected chi connectivity index (χ3v) is 5.95.